The molecule has 70 heavy (non-hydrogen) atoms. The third-order valence-electron chi connectivity index (χ3n) is 14.8. The summed E-state index contributed by atoms with van der Waals surface area (Å²) in [5.74, 6) is 1.16. The zero-order valence-corrected chi connectivity index (χ0v) is 38.0. The Balaban J connectivity index is 0.937. The average Bonchev–Trinajstić information content (AvgIpc) is 4.18. The average molecular weight is 895 g/mol. The molecule has 0 fully saturated rings. The predicted molar refractivity (Wildman–Crippen MR) is 290 cm³/mol. The summed E-state index contributed by atoms with van der Waals surface area (Å²) in [6, 6.07) is 80.0. The molecule has 4 heteroatoms. The maximum absolute atomic E-state index is 6.42. The second-order valence-corrected chi connectivity index (χ2v) is 18.8. The highest BCUT2D eigenvalue weighted by Gasteiger charge is 2.32. The van der Waals surface area contributed by atoms with Crippen LogP contribution >= 0.6 is 0 Å². The Labute approximate surface area is 403 Å². The van der Waals surface area contributed by atoms with Crippen LogP contribution in [-0.4, -0.2) is 15.2 Å². The Bertz CT molecular complexity index is 4260. The van der Waals surface area contributed by atoms with E-state index in [-0.39, 0.29) is 12.0 Å². The van der Waals surface area contributed by atoms with Gasteiger partial charge >= 0.3 is 0 Å². The zero-order chi connectivity index (χ0) is 45.9. The van der Waals surface area contributed by atoms with Gasteiger partial charge in [0.05, 0.1) is 22.1 Å². The molecule has 0 N–H and O–H groups in total. The van der Waals surface area contributed by atoms with E-state index < -0.39 is 0 Å². The summed E-state index contributed by atoms with van der Waals surface area (Å²) in [5, 5.41) is 7.18. The smallest absolute Gasteiger partial charge is 0.135 e. The molecule has 2 unspecified atom stereocenters. The van der Waals surface area contributed by atoms with Gasteiger partial charge in [-0.15, -0.1) is 0 Å². The van der Waals surface area contributed by atoms with Crippen molar-refractivity contribution in [2.75, 3.05) is 0 Å². The zero-order valence-electron chi connectivity index (χ0n) is 38.0. The number of ether oxygens (including phenoxy) is 1. The number of benzene rings is 10. The molecule has 0 saturated carbocycles. The standard InChI is InChI=1S/C66H42N2O2/c1-7-22-59-51(16-1)52-17-2-8-23-60(52)67(59)49-35-45(33-47(37-49)43-28-30-65-57(39-43)55-20-5-11-26-63(55)69-65)41-14-13-15-42(32-41)46-34-48(44-29-31-66-58(40-44)56-21-6-12-27-64(56)70-66)38-50(36-46)68-61-24-9-3-18-53(61)54-19-4-10-25-62(54)68/h1-40,55,63H. The number of fused-ring (bicyclic) bond motifs is 12. The number of furan rings is 1. The van der Waals surface area contributed by atoms with Crippen LogP contribution in [0.5, 0.6) is 5.75 Å². The van der Waals surface area contributed by atoms with Gasteiger partial charge in [-0.1, -0.05) is 140 Å². The monoisotopic (exact) mass is 894 g/mol. The molecule has 0 saturated heterocycles. The van der Waals surface area contributed by atoms with Crippen LogP contribution < -0.4 is 4.74 Å². The topological polar surface area (TPSA) is 32.2 Å². The first-order valence-corrected chi connectivity index (χ1v) is 24.1. The summed E-state index contributed by atoms with van der Waals surface area (Å²) < 4.78 is 17.6. The third-order valence-corrected chi connectivity index (χ3v) is 14.8. The molecule has 0 bridgehead atoms. The highest BCUT2D eigenvalue weighted by molar-refractivity contribution is 6.11. The maximum atomic E-state index is 6.42. The Morgan fingerprint density at radius 2 is 0.757 bits per heavy atom. The molecule has 1 aliphatic carbocycles. The first-order valence-electron chi connectivity index (χ1n) is 24.1. The molecule has 1 aliphatic heterocycles. The molecule has 0 spiro atoms. The summed E-state index contributed by atoms with van der Waals surface area (Å²) in [6.07, 6.45) is 8.69. The number of aromatic nitrogens is 2. The van der Waals surface area contributed by atoms with Gasteiger partial charge in [0, 0.05) is 55.2 Å². The Kier molecular flexibility index (Phi) is 8.45. The van der Waals surface area contributed by atoms with Crippen LogP contribution in [0.1, 0.15) is 11.5 Å². The number of allylic oxidation sites excluding steroid dienone is 2. The highest BCUT2D eigenvalue weighted by Crippen LogP contribution is 2.45. The predicted octanol–water partition coefficient (Wildman–Crippen LogP) is 17.4. The molecule has 10 aromatic carbocycles. The fraction of sp³-hybridized carbons (Fsp3) is 0.0303. The molecule has 2 atom stereocenters. The van der Waals surface area contributed by atoms with Crippen LogP contribution in [0.2, 0.25) is 0 Å². The first kappa shape index (κ1) is 38.9. The minimum absolute atomic E-state index is 0.0277. The van der Waals surface area contributed by atoms with Crippen molar-refractivity contribution in [1.82, 2.24) is 9.13 Å². The molecule has 3 aromatic heterocycles. The van der Waals surface area contributed by atoms with E-state index in [1.807, 2.05) is 12.1 Å². The molecule has 4 heterocycles. The molecular formula is C66H42N2O2. The van der Waals surface area contributed by atoms with Gasteiger partial charge in [0.1, 0.15) is 23.0 Å². The quantitative estimate of drug-likeness (QED) is 0.167. The second kappa shape index (κ2) is 15.2. The SMILES string of the molecule is C1=CC2Oc3ccc(-c4cc(-c5cccc(-c6cc(-c7ccc8oc9ccccc9c8c7)cc(-n7c8ccccc8c8ccccc87)c6)c5)cc(-n5c6ccccc6c6ccccc65)c4)cc3C2C=C1. The van der Waals surface area contributed by atoms with Crippen LogP contribution in [0.25, 0.3) is 121 Å². The van der Waals surface area contributed by atoms with Crippen molar-refractivity contribution in [3.05, 3.63) is 248 Å². The summed E-state index contributed by atoms with van der Waals surface area (Å²) in [7, 11) is 0. The molecule has 0 radical (unpaired) electrons. The van der Waals surface area contributed by atoms with Gasteiger partial charge in [-0.25, -0.2) is 0 Å². The van der Waals surface area contributed by atoms with E-state index in [4.69, 9.17) is 9.15 Å². The van der Waals surface area contributed by atoms with E-state index in [9.17, 15) is 0 Å². The van der Waals surface area contributed by atoms with Crippen molar-refractivity contribution < 1.29 is 9.15 Å². The van der Waals surface area contributed by atoms with E-state index in [2.05, 4.69) is 240 Å². The highest BCUT2D eigenvalue weighted by atomic mass is 16.5. The Hall–Kier alpha value is -9.12. The van der Waals surface area contributed by atoms with Gasteiger partial charge in [0.25, 0.3) is 0 Å². The largest absolute Gasteiger partial charge is 0.485 e. The summed E-state index contributed by atoms with van der Waals surface area (Å²) in [4.78, 5) is 0. The van der Waals surface area contributed by atoms with E-state index in [0.29, 0.717) is 0 Å². The fourth-order valence-electron chi connectivity index (χ4n) is 11.6. The lowest BCUT2D eigenvalue weighted by atomic mass is 9.89. The van der Waals surface area contributed by atoms with Gasteiger partial charge in [-0.2, -0.15) is 0 Å². The van der Waals surface area contributed by atoms with Crippen molar-refractivity contribution >= 4 is 65.6 Å². The number of nitrogens with zero attached hydrogens (tertiary/aromatic N) is 2. The van der Waals surface area contributed by atoms with E-state index in [1.54, 1.807) is 0 Å². The van der Waals surface area contributed by atoms with Crippen LogP contribution in [-0.2, 0) is 0 Å². The van der Waals surface area contributed by atoms with E-state index in [0.717, 1.165) is 83.6 Å². The molecular weight excluding hydrogens is 853 g/mol. The van der Waals surface area contributed by atoms with Gasteiger partial charge in [0.15, 0.2) is 0 Å². The van der Waals surface area contributed by atoms with Crippen LogP contribution in [0.4, 0.5) is 0 Å². The molecule has 0 amide bonds. The van der Waals surface area contributed by atoms with Gasteiger partial charge in [-0.05, 0) is 148 Å². The second-order valence-electron chi connectivity index (χ2n) is 18.8. The van der Waals surface area contributed by atoms with E-state index >= 15 is 0 Å². The van der Waals surface area contributed by atoms with Crippen molar-refractivity contribution in [3.8, 4) is 61.6 Å². The molecule has 328 valence electrons. The minimum Gasteiger partial charge on any atom is -0.485 e. The Morgan fingerprint density at radius 3 is 1.33 bits per heavy atom. The fourth-order valence-corrected chi connectivity index (χ4v) is 11.6. The van der Waals surface area contributed by atoms with Crippen molar-refractivity contribution in [2.24, 2.45) is 0 Å². The normalized spacial score (nSPS) is 15.1. The van der Waals surface area contributed by atoms with Crippen LogP contribution in [0, 0.1) is 0 Å². The number of hydrogen-bond acceptors (Lipinski definition) is 2. The van der Waals surface area contributed by atoms with Gasteiger partial charge < -0.3 is 18.3 Å². The van der Waals surface area contributed by atoms with Crippen LogP contribution in [0.15, 0.2) is 247 Å². The summed E-state index contributed by atoms with van der Waals surface area (Å²) in [6.45, 7) is 0. The number of hydrogen-bond donors (Lipinski definition) is 0. The van der Waals surface area contributed by atoms with Gasteiger partial charge in [0.2, 0.25) is 0 Å². The molecule has 4 nitrogen and oxygen atoms in total. The lowest BCUT2D eigenvalue weighted by molar-refractivity contribution is 0.269. The third kappa shape index (κ3) is 6.03. The number of rotatable bonds is 6. The molecule has 2 aliphatic rings. The molecule has 15 rings (SSSR count). The number of para-hydroxylation sites is 5. The van der Waals surface area contributed by atoms with E-state index in [1.165, 1.54) is 49.2 Å². The maximum Gasteiger partial charge on any atom is 0.135 e. The van der Waals surface area contributed by atoms with Gasteiger partial charge in [-0.3, -0.25) is 0 Å². The summed E-state index contributed by atoms with van der Waals surface area (Å²) in [5.41, 5.74) is 19.1. The van der Waals surface area contributed by atoms with Crippen LogP contribution in [0.3, 0.4) is 0 Å². The van der Waals surface area contributed by atoms with Crippen molar-refractivity contribution in [2.45, 2.75) is 12.0 Å². The lowest BCUT2D eigenvalue weighted by Gasteiger charge is -2.16. The molecule has 13 aromatic rings. The van der Waals surface area contributed by atoms with Crippen molar-refractivity contribution in [1.29, 1.82) is 0 Å². The minimum atomic E-state index is 0.0277. The van der Waals surface area contributed by atoms with Crippen molar-refractivity contribution in [3.63, 3.8) is 0 Å². The summed E-state index contributed by atoms with van der Waals surface area (Å²) >= 11 is 0. The lowest BCUT2D eigenvalue weighted by Crippen LogP contribution is -2.15. The Morgan fingerprint density at radius 1 is 0.314 bits per heavy atom. The first-order chi connectivity index (χ1) is 34.7.